The van der Waals surface area contributed by atoms with Crippen LogP contribution in [0.25, 0.3) is 0 Å². The Hall–Kier alpha value is -1.02. The van der Waals surface area contributed by atoms with E-state index in [9.17, 15) is 0 Å². The summed E-state index contributed by atoms with van der Waals surface area (Å²) >= 11 is 0. The van der Waals surface area contributed by atoms with Crippen LogP contribution >= 0.6 is 0 Å². The molecule has 2 nitrogen and oxygen atoms in total. The molecule has 0 bridgehead atoms. The van der Waals surface area contributed by atoms with Gasteiger partial charge >= 0.3 is 0 Å². The van der Waals surface area contributed by atoms with Crippen molar-refractivity contribution in [1.82, 2.24) is 0 Å². The molecular formula is C13H18O2. The molecule has 0 amide bonds. The lowest BCUT2D eigenvalue weighted by Gasteiger charge is -2.21. The third-order valence-electron chi connectivity index (χ3n) is 3.19. The summed E-state index contributed by atoms with van der Waals surface area (Å²) in [6, 6.07) is 8.14. The van der Waals surface area contributed by atoms with Crippen LogP contribution in [0, 0.1) is 0 Å². The van der Waals surface area contributed by atoms with Gasteiger partial charge in [0.05, 0.1) is 0 Å². The zero-order valence-electron chi connectivity index (χ0n) is 8.98. The molecule has 1 aromatic rings. The Morgan fingerprint density at radius 3 is 2.33 bits per heavy atom. The van der Waals surface area contributed by atoms with Crippen molar-refractivity contribution in [2.45, 2.75) is 38.0 Å². The monoisotopic (exact) mass is 206 g/mol. The van der Waals surface area contributed by atoms with E-state index in [1.54, 1.807) is 0 Å². The molecule has 0 spiro atoms. The van der Waals surface area contributed by atoms with Crippen LogP contribution in [0.4, 0.5) is 0 Å². The van der Waals surface area contributed by atoms with Crippen molar-refractivity contribution in [1.29, 1.82) is 0 Å². The summed E-state index contributed by atoms with van der Waals surface area (Å²) in [5.74, 6) is 1.49. The van der Waals surface area contributed by atoms with Crippen LogP contribution in [0.1, 0.15) is 43.6 Å². The quantitative estimate of drug-likeness (QED) is 0.770. The Bertz CT molecular complexity index is 286. The van der Waals surface area contributed by atoms with Gasteiger partial charge in [0.25, 0.3) is 0 Å². The van der Waals surface area contributed by atoms with Gasteiger partial charge in [0.2, 0.25) is 0 Å². The summed E-state index contributed by atoms with van der Waals surface area (Å²) < 4.78 is 5.00. The normalized spacial score (nSPS) is 17.7. The summed E-state index contributed by atoms with van der Waals surface area (Å²) in [7, 11) is 0. The van der Waals surface area contributed by atoms with Crippen molar-refractivity contribution in [3.05, 3.63) is 29.8 Å². The number of aliphatic hydroxyl groups excluding tert-OH is 1. The van der Waals surface area contributed by atoms with Gasteiger partial charge < -0.3 is 9.84 Å². The fourth-order valence-corrected chi connectivity index (χ4v) is 2.35. The highest BCUT2D eigenvalue weighted by Crippen LogP contribution is 2.33. The van der Waals surface area contributed by atoms with E-state index in [-0.39, 0.29) is 6.79 Å². The first kappa shape index (κ1) is 10.5. The molecular weight excluding hydrogens is 188 g/mol. The van der Waals surface area contributed by atoms with Crippen LogP contribution < -0.4 is 4.74 Å². The third kappa shape index (κ3) is 2.72. The highest BCUT2D eigenvalue weighted by molar-refractivity contribution is 5.29. The summed E-state index contributed by atoms with van der Waals surface area (Å²) in [6.45, 7) is -0.247. The Morgan fingerprint density at radius 1 is 1.07 bits per heavy atom. The average Bonchev–Trinajstić information content (AvgIpc) is 2.32. The van der Waals surface area contributed by atoms with Gasteiger partial charge in [0.1, 0.15) is 5.75 Å². The predicted octanol–water partition coefficient (Wildman–Crippen LogP) is 3.06. The molecule has 1 aromatic carbocycles. The Kier molecular flexibility index (Phi) is 3.62. The fourth-order valence-electron chi connectivity index (χ4n) is 2.35. The molecule has 0 heterocycles. The number of benzene rings is 1. The molecule has 1 saturated carbocycles. The van der Waals surface area contributed by atoms with Crippen LogP contribution in [-0.4, -0.2) is 11.9 Å². The first-order valence-corrected chi connectivity index (χ1v) is 5.74. The molecule has 2 rings (SSSR count). The smallest absolute Gasteiger partial charge is 0.186 e. The highest BCUT2D eigenvalue weighted by atomic mass is 16.6. The number of aliphatic hydroxyl groups is 1. The van der Waals surface area contributed by atoms with Gasteiger partial charge in [-0.05, 0) is 36.5 Å². The van der Waals surface area contributed by atoms with Crippen LogP contribution in [0.2, 0.25) is 0 Å². The topological polar surface area (TPSA) is 29.5 Å². The van der Waals surface area contributed by atoms with Crippen molar-refractivity contribution in [2.75, 3.05) is 6.79 Å². The van der Waals surface area contributed by atoms with Crippen LogP contribution in [0.5, 0.6) is 5.75 Å². The zero-order chi connectivity index (χ0) is 10.5. The SMILES string of the molecule is OCOc1ccc(C2CCCCC2)cc1. The lowest BCUT2D eigenvalue weighted by molar-refractivity contribution is 0.0985. The van der Waals surface area contributed by atoms with E-state index >= 15 is 0 Å². The molecule has 0 aromatic heterocycles. The number of ether oxygens (including phenoxy) is 1. The second-order valence-electron chi connectivity index (χ2n) is 4.18. The predicted molar refractivity (Wildman–Crippen MR) is 60.0 cm³/mol. The molecule has 82 valence electrons. The van der Waals surface area contributed by atoms with E-state index < -0.39 is 0 Å². The summed E-state index contributed by atoms with van der Waals surface area (Å²) in [4.78, 5) is 0. The van der Waals surface area contributed by atoms with E-state index in [0.29, 0.717) is 0 Å². The zero-order valence-corrected chi connectivity index (χ0v) is 8.98. The summed E-state index contributed by atoms with van der Waals surface area (Å²) in [6.07, 6.45) is 6.75. The summed E-state index contributed by atoms with van der Waals surface area (Å²) in [5, 5.41) is 8.62. The van der Waals surface area contributed by atoms with E-state index in [4.69, 9.17) is 9.84 Å². The lowest BCUT2D eigenvalue weighted by atomic mass is 9.84. The minimum Gasteiger partial charge on any atom is -0.468 e. The molecule has 1 aliphatic carbocycles. The minimum absolute atomic E-state index is 0.247. The lowest BCUT2D eigenvalue weighted by Crippen LogP contribution is -2.04. The van der Waals surface area contributed by atoms with Crippen LogP contribution in [0.15, 0.2) is 24.3 Å². The number of hydrogen-bond donors (Lipinski definition) is 1. The van der Waals surface area contributed by atoms with Gasteiger partial charge in [-0.25, -0.2) is 0 Å². The van der Waals surface area contributed by atoms with Crippen LogP contribution in [0.3, 0.4) is 0 Å². The van der Waals surface area contributed by atoms with Gasteiger partial charge in [-0.15, -0.1) is 0 Å². The first-order valence-electron chi connectivity index (χ1n) is 5.74. The molecule has 0 saturated heterocycles. The number of rotatable bonds is 3. The molecule has 1 N–H and O–H groups in total. The standard InChI is InChI=1S/C13H18O2/c14-10-15-13-8-6-12(7-9-13)11-4-2-1-3-5-11/h6-9,11,14H,1-5,10H2. The molecule has 15 heavy (non-hydrogen) atoms. The van der Waals surface area contributed by atoms with Crippen molar-refractivity contribution < 1.29 is 9.84 Å². The largest absolute Gasteiger partial charge is 0.468 e. The Labute approximate surface area is 90.9 Å². The number of hydrogen-bond acceptors (Lipinski definition) is 2. The van der Waals surface area contributed by atoms with Gasteiger partial charge in [0, 0.05) is 0 Å². The molecule has 0 atom stereocenters. The Balaban J connectivity index is 2.02. The maximum absolute atomic E-state index is 8.62. The molecule has 0 radical (unpaired) electrons. The fraction of sp³-hybridized carbons (Fsp3) is 0.538. The highest BCUT2D eigenvalue weighted by Gasteiger charge is 2.14. The third-order valence-corrected chi connectivity index (χ3v) is 3.19. The van der Waals surface area contributed by atoms with Crippen molar-refractivity contribution >= 4 is 0 Å². The van der Waals surface area contributed by atoms with Gasteiger partial charge in [0.15, 0.2) is 6.79 Å². The van der Waals surface area contributed by atoms with Crippen molar-refractivity contribution in [3.63, 3.8) is 0 Å². The average molecular weight is 206 g/mol. The van der Waals surface area contributed by atoms with Gasteiger partial charge in [-0.1, -0.05) is 31.4 Å². The van der Waals surface area contributed by atoms with Gasteiger partial charge in [-0.2, -0.15) is 0 Å². The summed E-state index contributed by atoms with van der Waals surface area (Å²) in [5.41, 5.74) is 1.42. The molecule has 1 fully saturated rings. The van der Waals surface area contributed by atoms with Crippen molar-refractivity contribution in [2.24, 2.45) is 0 Å². The van der Waals surface area contributed by atoms with E-state index in [0.717, 1.165) is 11.7 Å². The second kappa shape index (κ2) is 5.17. The van der Waals surface area contributed by atoms with E-state index in [1.165, 1.54) is 37.7 Å². The molecule has 1 aliphatic rings. The van der Waals surface area contributed by atoms with Gasteiger partial charge in [-0.3, -0.25) is 0 Å². The first-order chi connectivity index (χ1) is 7.40. The van der Waals surface area contributed by atoms with E-state index in [2.05, 4.69) is 12.1 Å². The Morgan fingerprint density at radius 2 is 1.73 bits per heavy atom. The maximum Gasteiger partial charge on any atom is 0.186 e. The minimum atomic E-state index is -0.247. The van der Waals surface area contributed by atoms with Crippen molar-refractivity contribution in [3.8, 4) is 5.75 Å². The maximum atomic E-state index is 8.62. The molecule has 2 heteroatoms. The molecule has 0 aliphatic heterocycles. The van der Waals surface area contributed by atoms with E-state index in [1.807, 2.05) is 12.1 Å². The second-order valence-corrected chi connectivity index (χ2v) is 4.18. The molecule has 0 unspecified atom stereocenters. The van der Waals surface area contributed by atoms with Crippen LogP contribution in [-0.2, 0) is 0 Å².